The van der Waals surface area contributed by atoms with Gasteiger partial charge in [-0.3, -0.25) is 13.8 Å². The number of nitrogens with zero attached hydrogens (tertiary/aromatic N) is 1. The molecule has 0 radical (unpaired) electrons. The second kappa shape index (κ2) is 6.34. The Morgan fingerprint density at radius 1 is 1.56 bits per heavy atom. The summed E-state index contributed by atoms with van der Waals surface area (Å²) in [6, 6.07) is 2.94. The minimum Gasteiger partial charge on any atom is -0.480 e. The van der Waals surface area contributed by atoms with Gasteiger partial charge in [-0.05, 0) is 19.1 Å². The molecule has 0 aromatic carbocycles. The van der Waals surface area contributed by atoms with Gasteiger partial charge in [0, 0.05) is 35.0 Å². The van der Waals surface area contributed by atoms with Gasteiger partial charge < -0.3 is 15.0 Å². The van der Waals surface area contributed by atoms with Crippen molar-refractivity contribution < 1.29 is 18.9 Å². The van der Waals surface area contributed by atoms with Gasteiger partial charge >= 0.3 is 5.97 Å². The zero-order chi connectivity index (χ0) is 13.7. The summed E-state index contributed by atoms with van der Waals surface area (Å²) in [4.78, 5) is 22.5. The number of hydrogen-bond donors (Lipinski definition) is 2. The van der Waals surface area contributed by atoms with E-state index in [2.05, 4.69) is 5.32 Å². The fraction of sp³-hybridized carbons (Fsp3) is 0.455. The molecule has 6 nitrogen and oxygen atoms in total. The standard InChI is InChI=1S/C11H16N2O4S/c1-8(7-18(2)17)12-11(16)9-4-3-5-13(9)6-10(14)15/h3-5,8H,6-7H2,1-2H3,(H,12,16)(H,14,15). The van der Waals surface area contributed by atoms with Crippen LogP contribution in [0.1, 0.15) is 17.4 Å². The number of nitrogens with one attached hydrogen (secondary N) is 1. The summed E-state index contributed by atoms with van der Waals surface area (Å²) in [5.41, 5.74) is 0.283. The third kappa shape index (κ3) is 4.33. The highest BCUT2D eigenvalue weighted by atomic mass is 32.2. The molecule has 7 heteroatoms. The van der Waals surface area contributed by atoms with E-state index >= 15 is 0 Å². The van der Waals surface area contributed by atoms with Crippen LogP contribution in [0.5, 0.6) is 0 Å². The minimum absolute atomic E-state index is 0.225. The SMILES string of the molecule is CC(CS(C)=O)NC(=O)c1cccn1CC(=O)O. The van der Waals surface area contributed by atoms with Gasteiger partial charge in [-0.15, -0.1) is 0 Å². The first-order valence-corrected chi connectivity index (χ1v) is 7.10. The van der Waals surface area contributed by atoms with E-state index in [1.807, 2.05) is 0 Å². The largest absolute Gasteiger partial charge is 0.480 e. The van der Waals surface area contributed by atoms with Gasteiger partial charge in [0.15, 0.2) is 0 Å². The van der Waals surface area contributed by atoms with Gasteiger partial charge in [-0.2, -0.15) is 0 Å². The molecule has 0 fully saturated rings. The van der Waals surface area contributed by atoms with Crippen molar-refractivity contribution in [2.45, 2.75) is 19.5 Å². The number of rotatable bonds is 6. The third-order valence-corrected chi connectivity index (χ3v) is 3.20. The van der Waals surface area contributed by atoms with Crippen LogP contribution in [0.4, 0.5) is 0 Å². The molecule has 1 rings (SSSR count). The van der Waals surface area contributed by atoms with Gasteiger partial charge in [-0.25, -0.2) is 0 Å². The molecule has 2 unspecified atom stereocenters. The van der Waals surface area contributed by atoms with E-state index in [4.69, 9.17) is 5.11 Å². The summed E-state index contributed by atoms with van der Waals surface area (Å²) in [5.74, 6) is -1.01. The minimum atomic E-state index is -1.01. The van der Waals surface area contributed by atoms with Crippen LogP contribution in [0.2, 0.25) is 0 Å². The summed E-state index contributed by atoms with van der Waals surface area (Å²) in [6.45, 7) is 1.49. The number of hydrogen-bond acceptors (Lipinski definition) is 3. The van der Waals surface area contributed by atoms with Crippen molar-refractivity contribution in [1.82, 2.24) is 9.88 Å². The van der Waals surface area contributed by atoms with E-state index in [1.54, 1.807) is 25.3 Å². The van der Waals surface area contributed by atoms with Crippen molar-refractivity contribution in [2.24, 2.45) is 0 Å². The summed E-state index contributed by atoms with van der Waals surface area (Å²) >= 11 is 0. The van der Waals surface area contributed by atoms with Gasteiger partial charge in [-0.1, -0.05) is 0 Å². The molecule has 1 amide bonds. The Morgan fingerprint density at radius 3 is 2.78 bits per heavy atom. The highest BCUT2D eigenvalue weighted by Gasteiger charge is 2.15. The fourth-order valence-corrected chi connectivity index (χ4v) is 2.38. The van der Waals surface area contributed by atoms with Crippen molar-refractivity contribution in [2.75, 3.05) is 12.0 Å². The Balaban J connectivity index is 2.69. The molecule has 0 saturated heterocycles. The monoisotopic (exact) mass is 272 g/mol. The molecule has 1 aromatic heterocycles. The molecular formula is C11H16N2O4S. The lowest BCUT2D eigenvalue weighted by atomic mass is 10.3. The predicted molar refractivity (Wildman–Crippen MR) is 67.9 cm³/mol. The van der Waals surface area contributed by atoms with Crippen LogP contribution in [-0.4, -0.2) is 43.8 Å². The quantitative estimate of drug-likeness (QED) is 0.767. The first kappa shape index (κ1) is 14.4. The number of carbonyl (C=O) groups excluding carboxylic acids is 1. The molecular weight excluding hydrogens is 256 g/mol. The molecule has 1 heterocycles. The first-order valence-electron chi connectivity index (χ1n) is 5.38. The Kier molecular flexibility index (Phi) is 5.08. The average Bonchev–Trinajstić information content (AvgIpc) is 2.62. The summed E-state index contributed by atoms with van der Waals surface area (Å²) < 4.78 is 12.4. The molecule has 0 aliphatic carbocycles. The van der Waals surface area contributed by atoms with E-state index in [9.17, 15) is 13.8 Å². The lowest BCUT2D eigenvalue weighted by molar-refractivity contribution is -0.137. The number of aromatic nitrogens is 1. The lowest BCUT2D eigenvalue weighted by Crippen LogP contribution is -2.37. The number of carboxylic acids is 1. The van der Waals surface area contributed by atoms with Crippen molar-refractivity contribution >= 4 is 22.7 Å². The van der Waals surface area contributed by atoms with Crippen molar-refractivity contribution in [3.05, 3.63) is 24.0 Å². The number of aliphatic carboxylic acids is 1. The Morgan fingerprint density at radius 2 is 2.22 bits per heavy atom. The second-order valence-corrected chi connectivity index (χ2v) is 5.51. The zero-order valence-electron chi connectivity index (χ0n) is 10.3. The average molecular weight is 272 g/mol. The van der Waals surface area contributed by atoms with E-state index < -0.39 is 16.8 Å². The van der Waals surface area contributed by atoms with Crippen LogP contribution < -0.4 is 5.32 Å². The van der Waals surface area contributed by atoms with Crippen LogP contribution >= 0.6 is 0 Å². The molecule has 0 saturated carbocycles. The van der Waals surface area contributed by atoms with Crippen LogP contribution in [0.3, 0.4) is 0 Å². The number of carbonyl (C=O) groups is 2. The van der Waals surface area contributed by atoms with Crippen molar-refractivity contribution in [3.63, 3.8) is 0 Å². The van der Waals surface area contributed by atoms with E-state index in [1.165, 1.54) is 10.8 Å². The van der Waals surface area contributed by atoms with Gasteiger partial charge in [0.25, 0.3) is 5.91 Å². The van der Waals surface area contributed by atoms with Crippen LogP contribution in [0.25, 0.3) is 0 Å². The molecule has 0 aliphatic heterocycles. The molecule has 100 valence electrons. The van der Waals surface area contributed by atoms with Crippen LogP contribution in [-0.2, 0) is 22.1 Å². The normalized spacial score (nSPS) is 13.9. The second-order valence-electron chi connectivity index (χ2n) is 4.03. The van der Waals surface area contributed by atoms with Crippen molar-refractivity contribution in [3.8, 4) is 0 Å². The van der Waals surface area contributed by atoms with Crippen LogP contribution in [0, 0.1) is 0 Å². The highest BCUT2D eigenvalue weighted by Crippen LogP contribution is 2.03. The highest BCUT2D eigenvalue weighted by molar-refractivity contribution is 7.84. The Bertz CT molecular complexity index is 469. The predicted octanol–water partition coefficient (Wildman–Crippen LogP) is 0.0695. The summed E-state index contributed by atoms with van der Waals surface area (Å²) in [6.07, 6.45) is 3.10. The van der Waals surface area contributed by atoms with Crippen molar-refractivity contribution in [1.29, 1.82) is 0 Å². The summed E-state index contributed by atoms with van der Waals surface area (Å²) in [5, 5.41) is 11.4. The maximum atomic E-state index is 11.9. The molecule has 0 spiro atoms. The first-order chi connectivity index (χ1) is 8.40. The van der Waals surface area contributed by atoms with E-state index in [0.29, 0.717) is 5.75 Å². The molecule has 18 heavy (non-hydrogen) atoms. The molecule has 1 aromatic rings. The van der Waals surface area contributed by atoms with Gasteiger partial charge in [0.2, 0.25) is 0 Å². The maximum absolute atomic E-state index is 11.9. The number of amides is 1. The lowest BCUT2D eigenvalue weighted by Gasteiger charge is -2.13. The smallest absolute Gasteiger partial charge is 0.323 e. The number of carboxylic acid groups (broad SMARTS) is 1. The maximum Gasteiger partial charge on any atom is 0.323 e. The fourth-order valence-electron chi connectivity index (χ4n) is 1.60. The molecule has 2 N–H and O–H groups in total. The molecule has 0 bridgehead atoms. The van der Waals surface area contributed by atoms with Gasteiger partial charge in [0.1, 0.15) is 12.2 Å². The molecule has 2 atom stereocenters. The van der Waals surface area contributed by atoms with Crippen LogP contribution in [0.15, 0.2) is 18.3 Å². The topological polar surface area (TPSA) is 88.4 Å². The molecule has 0 aliphatic rings. The third-order valence-electron chi connectivity index (χ3n) is 2.23. The Labute approximate surface area is 107 Å². The van der Waals surface area contributed by atoms with E-state index in [0.717, 1.165) is 0 Å². The Hall–Kier alpha value is -1.63. The summed E-state index contributed by atoms with van der Waals surface area (Å²) in [7, 11) is -0.989. The van der Waals surface area contributed by atoms with E-state index in [-0.39, 0.29) is 24.2 Å². The zero-order valence-corrected chi connectivity index (χ0v) is 11.1. The van der Waals surface area contributed by atoms with Gasteiger partial charge in [0.05, 0.1) is 0 Å².